The Morgan fingerprint density at radius 1 is 1.14 bits per heavy atom. The second-order valence-corrected chi connectivity index (χ2v) is 6.31. The maximum Gasteiger partial charge on any atom is 0.160 e. The molecule has 1 aromatic rings. The third-order valence-electron chi connectivity index (χ3n) is 5.07. The number of hydrogen-bond acceptors (Lipinski definition) is 4. The lowest BCUT2D eigenvalue weighted by Gasteiger charge is -2.31. The van der Waals surface area contributed by atoms with E-state index in [0.29, 0.717) is 0 Å². The molecule has 21 heavy (non-hydrogen) atoms. The molecule has 4 nitrogen and oxygen atoms in total. The molecular formula is C17H27N3O. The monoisotopic (exact) mass is 289 g/mol. The van der Waals surface area contributed by atoms with Crippen LogP contribution in [0.2, 0.25) is 0 Å². The highest BCUT2D eigenvalue weighted by Crippen LogP contribution is 2.38. The Morgan fingerprint density at radius 3 is 2.57 bits per heavy atom. The molecule has 0 radical (unpaired) electrons. The minimum atomic E-state index is -0.257. The smallest absolute Gasteiger partial charge is 0.160 e. The van der Waals surface area contributed by atoms with Gasteiger partial charge >= 0.3 is 0 Å². The third-order valence-corrected chi connectivity index (χ3v) is 5.07. The summed E-state index contributed by atoms with van der Waals surface area (Å²) in [6.07, 6.45) is 9.19. The second-order valence-electron chi connectivity index (χ2n) is 6.31. The summed E-state index contributed by atoms with van der Waals surface area (Å²) in [5.41, 5.74) is 3.55. The normalized spacial score (nSPS) is 21.6. The fourth-order valence-corrected chi connectivity index (χ4v) is 3.75. The minimum Gasteiger partial charge on any atom is -0.370 e. The van der Waals surface area contributed by atoms with Crippen molar-refractivity contribution in [2.45, 2.75) is 70.4 Å². The first-order valence-electron chi connectivity index (χ1n) is 8.44. The van der Waals surface area contributed by atoms with Gasteiger partial charge in [0.15, 0.2) is 5.82 Å². The standard InChI is InChI=1S/C17H27N3O/c1-3-14-13-8-11-18-12-15(13)20-16(19-14)17(21-2)9-6-4-5-7-10-17/h18H,3-12H2,1-2H3. The predicted octanol–water partition coefficient (Wildman–Crippen LogP) is 2.88. The van der Waals surface area contributed by atoms with Crippen LogP contribution in [0.4, 0.5) is 0 Å². The third kappa shape index (κ3) is 2.84. The van der Waals surface area contributed by atoms with E-state index in [-0.39, 0.29) is 5.60 Å². The van der Waals surface area contributed by atoms with Crippen molar-refractivity contribution in [3.05, 3.63) is 22.8 Å². The Kier molecular flexibility index (Phi) is 4.55. The molecule has 1 aromatic heterocycles. The zero-order chi connectivity index (χ0) is 14.7. The van der Waals surface area contributed by atoms with E-state index in [0.717, 1.165) is 44.6 Å². The zero-order valence-corrected chi connectivity index (χ0v) is 13.4. The van der Waals surface area contributed by atoms with Crippen LogP contribution in [-0.4, -0.2) is 23.6 Å². The van der Waals surface area contributed by atoms with E-state index in [4.69, 9.17) is 14.7 Å². The van der Waals surface area contributed by atoms with Gasteiger partial charge in [-0.3, -0.25) is 0 Å². The number of ether oxygens (including phenoxy) is 1. The molecule has 0 bridgehead atoms. The van der Waals surface area contributed by atoms with Gasteiger partial charge in [0.25, 0.3) is 0 Å². The van der Waals surface area contributed by atoms with E-state index in [9.17, 15) is 0 Å². The summed E-state index contributed by atoms with van der Waals surface area (Å²) in [6, 6.07) is 0. The lowest BCUT2D eigenvalue weighted by Crippen LogP contribution is -2.34. The molecule has 0 saturated heterocycles. The van der Waals surface area contributed by atoms with Crippen LogP contribution in [0, 0.1) is 0 Å². The quantitative estimate of drug-likeness (QED) is 0.869. The van der Waals surface area contributed by atoms with Crippen LogP contribution in [0.3, 0.4) is 0 Å². The fourth-order valence-electron chi connectivity index (χ4n) is 3.75. The molecule has 1 aliphatic heterocycles. The fraction of sp³-hybridized carbons (Fsp3) is 0.765. The van der Waals surface area contributed by atoms with Crippen LogP contribution in [-0.2, 0) is 29.7 Å². The molecule has 0 amide bonds. The molecule has 0 spiro atoms. The van der Waals surface area contributed by atoms with E-state index < -0.39 is 0 Å². The van der Waals surface area contributed by atoms with E-state index in [2.05, 4.69) is 12.2 Å². The maximum absolute atomic E-state index is 5.99. The van der Waals surface area contributed by atoms with E-state index in [1.807, 2.05) is 7.11 Å². The number of aryl methyl sites for hydroxylation is 1. The summed E-state index contributed by atoms with van der Waals surface area (Å²) in [4.78, 5) is 9.88. The minimum absolute atomic E-state index is 0.257. The van der Waals surface area contributed by atoms with E-state index in [1.54, 1.807) is 0 Å². The van der Waals surface area contributed by atoms with Crippen LogP contribution >= 0.6 is 0 Å². The van der Waals surface area contributed by atoms with Crippen molar-refractivity contribution in [3.8, 4) is 0 Å². The molecular weight excluding hydrogens is 262 g/mol. The highest BCUT2D eigenvalue weighted by molar-refractivity contribution is 5.29. The summed E-state index contributed by atoms with van der Waals surface area (Å²) >= 11 is 0. The van der Waals surface area contributed by atoms with Crippen molar-refractivity contribution in [1.29, 1.82) is 0 Å². The summed E-state index contributed by atoms with van der Waals surface area (Å²) in [7, 11) is 1.83. The topological polar surface area (TPSA) is 47.0 Å². The van der Waals surface area contributed by atoms with Gasteiger partial charge < -0.3 is 10.1 Å². The predicted molar refractivity (Wildman–Crippen MR) is 83.2 cm³/mol. The number of rotatable bonds is 3. The van der Waals surface area contributed by atoms with Gasteiger partial charge in [-0.1, -0.05) is 32.6 Å². The Labute approximate surface area is 127 Å². The molecule has 116 valence electrons. The molecule has 0 aromatic carbocycles. The molecule has 2 heterocycles. The number of nitrogens with zero attached hydrogens (tertiary/aromatic N) is 2. The van der Waals surface area contributed by atoms with Crippen molar-refractivity contribution in [1.82, 2.24) is 15.3 Å². The van der Waals surface area contributed by atoms with Crippen molar-refractivity contribution in [2.75, 3.05) is 13.7 Å². The van der Waals surface area contributed by atoms with Crippen molar-refractivity contribution < 1.29 is 4.74 Å². The highest BCUT2D eigenvalue weighted by atomic mass is 16.5. The first kappa shape index (κ1) is 14.9. The van der Waals surface area contributed by atoms with Gasteiger partial charge in [0, 0.05) is 19.3 Å². The first-order chi connectivity index (χ1) is 10.3. The van der Waals surface area contributed by atoms with Crippen LogP contribution in [0.15, 0.2) is 0 Å². The Balaban J connectivity index is 2.03. The maximum atomic E-state index is 5.99. The largest absolute Gasteiger partial charge is 0.370 e. The molecule has 1 saturated carbocycles. The zero-order valence-electron chi connectivity index (χ0n) is 13.4. The van der Waals surface area contributed by atoms with Crippen molar-refractivity contribution in [2.24, 2.45) is 0 Å². The van der Waals surface area contributed by atoms with Gasteiger partial charge in [-0.15, -0.1) is 0 Å². The van der Waals surface area contributed by atoms with Gasteiger partial charge in [0.05, 0.1) is 5.69 Å². The van der Waals surface area contributed by atoms with Crippen molar-refractivity contribution in [3.63, 3.8) is 0 Å². The molecule has 0 atom stereocenters. The first-order valence-corrected chi connectivity index (χ1v) is 8.44. The summed E-state index contributed by atoms with van der Waals surface area (Å²) < 4.78 is 5.99. The van der Waals surface area contributed by atoms with Gasteiger partial charge in [-0.2, -0.15) is 0 Å². The van der Waals surface area contributed by atoms with Crippen LogP contribution < -0.4 is 5.32 Å². The number of fused-ring (bicyclic) bond motifs is 1. The Hall–Kier alpha value is -1.00. The molecule has 4 heteroatoms. The van der Waals surface area contributed by atoms with E-state index in [1.165, 1.54) is 42.6 Å². The van der Waals surface area contributed by atoms with Gasteiger partial charge in [0.1, 0.15) is 5.60 Å². The van der Waals surface area contributed by atoms with Crippen LogP contribution in [0.1, 0.15) is 68.2 Å². The molecule has 3 rings (SSSR count). The van der Waals surface area contributed by atoms with Gasteiger partial charge in [0.2, 0.25) is 0 Å². The van der Waals surface area contributed by atoms with Crippen molar-refractivity contribution >= 4 is 0 Å². The molecule has 2 aliphatic rings. The highest BCUT2D eigenvalue weighted by Gasteiger charge is 2.36. The van der Waals surface area contributed by atoms with E-state index >= 15 is 0 Å². The molecule has 1 fully saturated rings. The van der Waals surface area contributed by atoms with Crippen LogP contribution in [0.25, 0.3) is 0 Å². The molecule has 0 unspecified atom stereocenters. The number of methoxy groups -OCH3 is 1. The Morgan fingerprint density at radius 2 is 1.90 bits per heavy atom. The summed E-state index contributed by atoms with van der Waals surface area (Å²) in [6.45, 7) is 4.11. The molecule has 1 N–H and O–H groups in total. The average Bonchev–Trinajstić information content (AvgIpc) is 2.80. The Bertz CT molecular complexity index is 476. The number of hydrogen-bond donors (Lipinski definition) is 1. The molecule has 1 aliphatic carbocycles. The lowest BCUT2D eigenvalue weighted by atomic mass is 9.92. The SMILES string of the molecule is CCc1nc(C2(OC)CCCCCC2)nc2c1CCNC2. The lowest BCUT2D eigenvalue weighted by molar-refractivity contribution is -0.0355. The van der Waals surface area contributed by atoms with Crippen LogP contribution in [0.5, 0.6) is 0 Å². The number of nitrogens with one attached hydrogen (secondary N) is 1. The summed E-state index contributed by atoms with van der Waals surface area (Å²) in [5, 5.41) is 3.43. The average molecular weight is 289 g/mol. The van der Waals surface area contributed by atoms with Gasteiger partial charge in [-0.25, -0.2) is 9.97 Å². The number of aromatic nitrogens is 2. The summed E-state index contributed by atoms with van der Waals surface area (Å²) in [5.74, 6) is 0.936. The second kappa shape index (κ2) is 6.41. The van der Waals surface area contributed by atoms with Gasteiger partial charge in [-0.05, 0) is 37.8 Å².